The maximum Gasteiger partial charge on any atom is 0.182 e. The molecule has 90 valence electrons. The van der Waals surface area contributed by atoms with Gasteiger partial charge < -0.3 is 5.32 Å². The molecule has 0 fully saturated rings. The topological polar surface area (TPSA) is 29.1 Å². The van der Waals surface area contributed by atoms with Crippen molar-refractivity contribution >= 4 is 50.4 Å². The molecule has 1 atom stereocenters. The SMILES string of the molecule is CNC(C(=O)c1ccc2ccsc2c1)C(Cl)Cl. The number of thiophene rings is 1. The van der Waals surface area contributed by atoms with Crippen molar-refractivity contribution in [1.82, 2.24) is 5.32 Å². The van der Waals surface area contributed by atoms with Crippen LogP contribution in [0.25, 0.3) is 10.1 Å². The van der Waals surface area contributed by atoms with E-state index in [2.05, 4.69) is 5.32 Å². The summed E-state index contributed by atoms with van der Waals surface area (Å²) in [4.78, 5) is 11.4. The van der Waals surface area contributed by atoms with Gasteiger partial charge in [-0.1, -0.05) is 12.1 Å². The second-order valence-corrected chi connectivity index (χ2v) is 5.75. The number of likely N-dealkylation sites (N-methyl/N-ethyl adjacent to an activating group) is 1. The number of carbonyl (C=O) groups excluding carboxylic acids is 1. The highest BCUT2D eigenvalue weighted by Gasteiger charge is 2.24. The summed E-state index contributed by atoms with van der Waals surface area (Å²) in [7, 11) is 1.67. The number of hydrogen-bond donors (Lipinski definition) is 1. The van der Waals surface area contributed by atoms with Gasteiger partial charge in [-0.15, -0.1) is 34.5 Å². The fourth-order valence-electron chi connectivity index (χ4n) is 1.66. The fraction of sp³-hybridized carbons (Fsp3) is 0.250. The molecule has 0 saturated heterocycles. The van der Waals surface area contributed by atoms with Crippen molar-refractivity contribution < 1.29 is 4.79 Å². The molecule has 0 spiro atoms. The van der Waals surface area contributed by atoms with Crippen molar-refractivity contribution in [3.05, 3.63) is 35.2 Å². The molecular weight excluding hydrogens is 277 g/mol. The van der Waals surface area contributed by atoms with Crippen LogP contribution in [-0.4, -0.2) is 23.7 Å². The minimum atomic E-state index is -0.758. The number of hydrogen-bond acceptors (Lipinski definition) is 3. The van der Waals surface area contributed by atoms with E-state index in [0.29, 0.717) is 5.56 Å². The van der Waals surface area contributed by atoms with Crippen LogP contribution < -0.4 is 5.32 Å². The van der Waals surface area contributed by atoms with E-state index in [1.54, 1.807) is 24.5 Å². The Morgan fingerprint density at radius 2 is 2.12 bits per heavy atom. The average Bonchev–Trinajstić information content (AvgIpc) is 2.75. The van der Waals surface area contributed by atoms with Crippen molar-refractivity contribution in [2.75, 3.05) is 7.05 Å². The first kappa shape index (κ1) is 12.8. The van der Waals surface area contributed by atoms with E-state index >= 15 is 0 Å². The summed E-state index contributed by atoms with van der Waals surface area (Å²) in [5, 5.41) is 5.97. The van der Waals surface area contributed by atoms with Gasteiger partial charge in [-0.25, -0.2) is 0 Å². The third-order valence-corrected chi connectivity index (χ3v) is 3.97. The molecule has 1 unspecified atom stereocenters. The summed E-state index contributed by atoms with van der Waals surface area (Å²) in [5.41, 5.74) is 0.630. The smallest absolute Gasteiger partial charge is 0.182 e. The molecule has 5 heteroatoms. The van der Waals surface area contributed by atoms with Gasteiger partial charge in [0.05, 0.1) is 0 Å². The number of rotatable bonds is 4. The van der Waals surface area contributed by atoms with Crippen molar-refractivity contribution in [1.29, 1.82) is 0 Å². The first-order chi connectivity index (χ1) is 8.13. The molecule has 2 aromatic rings. The highest BCUT2D eigenvalue weighted by molar-refractivity contribution is 7.17. The average molecular weight is 288 g/mol. The van der Waals surface area contributed by atoms with Gasteiger partial charge in [-0.05, 0) is 29.9 Å². The van der Waals surface area contributed by atoms with Gasteiger partial charge in [-0.3, -0.25) is 4.79 Å². The van der Waals surface area contributed by atoms with Crippen LogP contribution in [0.5, 0.6) is 0 Å². The maximum atomic E-state index is 12.2. The van der Waals surface area contributed by atoms with E-state index in [1.165, 1.54) is 0 Å². The largest absolute Gasteiger partial charge is 0.308 e. The lowest BCUT2D eigenvalue weighted by molar-refractivity contribution is 0.0953. The number of carbonyl (C=O) groups is 1. The van der Waals surface area contributed by atoms with Crippen LogP contribution in [0.1, 0.15) is 10.4 Å². The van der Waals surface area contributed by atoms with Crippen molar-refractivity contribution in [2.24, 2.45) is 0 Å². The van der Waals surface area contributed by atoms with Crippen molar-refractivity contribution in [3.8, 4) is 0 Å². The van der Waals surface area contributed by atoms with Crippen LogP contribution in [0.2, 0.25) is 0 Å². The van der Waals surface area contributed by atoms with Gasteiger partial charge in [-0.2, -0.15) is 0 Å². The third kappa shape index (κ3) is 2.63. The van der Waals surface area contributed by atoms with E-state index in [9.17, 15) is 4.79 Å². The molecule has 0 aliphatic heterocycles. The van der Waals surface area contributed by atoms with Crippen molar-refractivity contribution in [2.45, 2.75) is 10.9 Å². The van der Waals surface area contributed by atoms with Crippen LogP contribution >= 0.6 is 34.5 Å². The summed E-state index contributed by atoms with van der Waals surface area (Å²) in [6.45, 7) is 0. The molecule has 1 N–H and O–H groups in total. The predicted octanol–water partition coefficient (Wildman–Crippen LogP) is 3.48. The quantitative estimate of drug-likeness (QED) is 0.689. The van der Waals surface area contributed by atoms with E-state index in [4.69, 9.17) is 23.2 Å². The van der Waals surface area contributed by atoms with Crippen LogP contribution in [0.3, 0.4) is 0 Å². The van der Waals surface area contributed by atoms with Crippen LogP contribution in [0, 0.1) is 0 Å². The lowest BCUT2D eigenvalue weighted by Crippen LogP contribution is -2.39. The maximum absolute atomic E-state index is 12.2. The lowest BCUT2D eigenvalue weighted by Gasteiger charge is -2.15. The Bertz CT molecular complexity index is 538. The number of nitrogens with one attached hydrogen (secondary N) is 1. The second-order valence-electron chi connectivity index (χ2n) is 3.64. The molecule has 0 aliphatic rings. The summed E-state index contributed by atoms with van der Waals surface area (Å²) >= 11 is 13.1. The molecule has 0 saturated carbocycles. The molecule has 1 aromatic heterocycles. The first-order valence-corrected chi connectivity index (χ1v) is 6.85. The second kappa shape index (κ2) is 5.36. The molecule has 0 amide bonds. The highest BCUT2D eigenvalue weighted by atomic mass is 35.5. The minimum Gasteiger partial charge on any atom is -0.308 e. The molecule has 1 heterocycles. The van der Waals surface area contributed by atoms with Crippen LogP contribution in [0.4, 0.5) is 0 Å². The predicted molar refractivity (Wildman–Crippen MR) is 74.5 cm³/mol. The Hall–Kier alpha value is -0.610. The zero-order valence-corrected chi connectivity index (χ0v) is 11.4. The Kier molecular flexibility index (Phi) is 4.05. The molecular formula is C12H11Cl2NOS. The Morgan fingerprint density at radius 1 is 1.35 bits per heavy atom. The van der Waals surface area contributed by atoms with Gasteiger partial charge in [0.15, 0.2) is 5.78 Å². The molecule has 0 bridgehead atoms. The van der Waals surface area contributed by atoms with Gasteiger partial charge in [0.25, 0.3) is 0 Å². The van der Waals surface area contributed by atoms with Gasteiger partial charge in [0, 0.05) is 10.3 Å². The first-order valence-electron chi connectivity index (χ1n) is 5.10. The van der Waals surface area contributed by atoms with Crippen molar-refractivity contribution in [3.63, 3.8) is 0 Å². The molecule has 17 heavy (non-hydrogen) atoms. The zero-order valence-electron chi connectivity index (χ0n) is 9.11. The minimum absolute atomic E-state index is 0.0854. The Labute approximate surface area is 114 Å². The normalized spacial score (nSPS) is 13.2. The molecule has 0 aliphatic carbocycles. The lowest BCUT2D eigenvalue weighted by atomic mass is 10.0. The van der Waals surface area contributed by atoms with Gasteiger partial charge in [0.2, 0.25) is 0 Å². The summed E-state index contributed by atoms with van der Waals surface area (Å²) in [6, 6.07) is 7.07. The number of ketones is 1. The van der Waals surface area contributed by atoms with E-state index < -0.39 is 10.9 Å². The van der Waals surface area contributed by atoms with Gasteiger partial charge >= 0.3 is 0 Å². The van der Waals surface area contributed by atoms with E-state index in [-0.39, 0.29) is 5.78 Å². The summed E-state index contributed by atoms with van der Waals surface area (Å²) < 4.78 is 1.09. The zero-order chi connectivity index (χ0) is 12.4. The third-order valence-electron chi connectivity index (χ3n) is 2.59. The number of alkyl halides is 2. The number of benzene rings is 1. The Morgan fingerprint density at radius 3 is 2.76 bits per heavy atom. The molecule has 0 radical (unpaired) electrons. The van der Waals surface area contributed by atoms with E-state index in [1.807, 2.05) is 23.6 Å². The molecule has 2 nitrogen and oxygen atoms in total. The molecule has 2 rings (SSSR count). The van der Waals surface area contributed by atoms with Crippen LogP contribution in [0.15, 0.2) is 29.6 Å². The van der Waals surface area contributed by atoms with E-state index in [0.717, 1.165) is 10.1 Å². The fourth-order valence-corrected chi connectivity index (χ4v) is 2.97. The summed E-state index contributed by atoms with van der Waals surface area (Å²) in [5.74, 6) is -0.0854. The van der Waals surface area contributed by atoms with Crippen LogP contribution in [-0.2, 0) is 0 Å². The number of fused-ring (bicyclic) bond motifs is 1. The summed E-state index contributed by atoms with van der Waals surface area (Å²) in [6.07, 6.45) is 0. The monoisotopic (exact) mass is 287 g/mol. The molecule has 1 aromatic carbocycles. The highest BCUT2D eigenvalue weighted by Crippen LogP contribution is 2.23. The number of halogens is 2. The standard InChI is InChI=1S/C12H11Cl2NOS/c1-15-10(12(13)14)11(16)8-3-2-7-4-5-17-9(7)6-8/h2-6,10,12,15H,1H3. The Balaban J connectivity index is 2.35. The number of Topliss-reactive ketones (excluding diaryl/α,β-unsaturated/α-hetero) is 1. The van der Waals surface area contributed by atoms with Gasteiger partial charge in [0.1, 0.15) is 10.9 Å².